The fourth-order valence-corrected chi connectivity index (χ4v) is 3.01. The van der Waals surface area contributed by atoms with Crippen LogP contribution in [0.5, 0.6) is 5.75 Å². The van der Waals surface area contributed by atoms with E-state index in [1.165, 1.54) is 12.3 Å². The van der Waals surface area contributed by atoms with Gasteiger partial charge < -0.3 is 9.94 Å². The van der Waals surface area contributed by atoms with Gasteiger partial charge in [-0.05, 0) is 47.5 Å². The Morgan fingerprint density at radius 3 is 2.54 bits per heavy atom. The average molecular weight is 345 g/mol. The zero-order chi connectivity index (χ0) is 18.1. The highest BCUT2D eigenvalue weighted by Crippen LogP contribution is 2.36. The Labute approximate surface area is 148 Å². The van der Waals surface area contributed by atoms with Crippen molar-refractivity contribution in [1.29, 1.82) is 0 Å². The molecule has 0 bridgehead atoms. The predicted molar refractivity (Wildman–Crippen MR) is 98.4 cm³/mol. The molecule has 0 spiro atoms. The maximum absolute atomic E-state index is 12.2. The van der Waals surface area contributed by atoms with Gasteiger partial charge in [-0.15, -0.1) is 4.73 Å². The van der Waals surface area contributed by atoms with Crippen LogP contribution in [0.3, 0.4) is 0 Å². The largest absolute Gasteiger partial charge is 0.496 e. The summed E-state index contributed by atoms with van der Waals surface area (Å²) in [5.41, 5.74) is 3.01. The molecule has 6 heteroatoms. The van der Waals surface area contributed by atoms with E-state index in [0.717, 1.165) is 16.7 Å². The molecule has 0 fully saturated rings. The molecule has 0 unspecified atom stereocenters. The van der Waals surface area contributed by atoms with Crippen LogP contribution < -0.4 is 10.3 Å². The standard InChI is InChI=1S/C20H15N3O3/c1-26-18-5-4-14(13-6-9-21-10-7-13)11-17(18)16-12-19(24)23(25)20-15(16)3-2-8-22-20/h2-12,25H,1H3. The van der Waals surface area contributed by atoms with E-state index in [1.54, 1.807) is 25.6 Å². The van der Waals surface area contributed by atoms with Gasteiger partial charge in [-0.25, -0.2) is 4.98 Å². The molecule has 0 amide bonds. The van der Waals surface area contributed by atoms with Gasteiger partial charge in [-0.3, -0.25) is 9.78 Å². The van der Waals surface area contributed by atoms with Crippen molar-refractivity contribution in [3.63, 3.8) is 0 Å². The number of ether oxygens (including phenoxy) is 1. The average Bonchev–Trinajstić information content (AvgIpc) is 2.71. The van der Waals surface area contributed by atoms with Crippen molar-refractivity contribution in [3.8, 4) is 28.0 Å². The van der Waals surface area contributed by atoms with Crippen LogP contribution in [-0.2, 0) is 0 Å². The zero-order valence-corrected chi connectivity index (χ0v) is 14.0. The minimum Gasteiger partial charge on any atom is -0.496 e. The van der Waals surface area contributed by atoms with Crippen LogP contribution in [-0.4, -0.2) is 27.0 Å². The summed E-state index contributed by atoms with van der Waals surface area (Å²) in [6.45, 7) is 0. The van der Waals surface area contributed by atoms with Gasteiger partial charge in [0.25, 0.3) is 5.56 Å². The topological polar surface area (TPSA) is 77.2 Å². The highest BCUT2D eigenvalue weighted by molar-refractivity contribution is 5.95. The Hall–Kier alpha value is -3.67. The lowest BCUT2D eigenvalue weighted by Gasteiger charge is -2.13. The number of pyridine rings is 3. The Morgan fingerprint density at radius 1 is 0.962 bits per heavy atom. The van der Waals surface area contributed by atoms with Crippen LogP contribution in [0.15, 0.2) is 71.9 Å². The molecular weight excluding hydrogens is 330 g/mol. The maximum atomic E-state index is 12.2. The van der Waals surface area contributed by atoms with Gasteiger partial charge in [0.2, 0.25) is 0 Å². The monoisotopic (exact) mass is 345 g/mol. The van der Waals surface area contributed by atoms with E-state index < -0.39 is 5.56 Å². The molecule has 4 rings (SSSR count). The van der Waals surface area contributed by atoms with Crippen LogP contribution in [0.1, 0.15) is 0 Å². The van der Waals surface area contributed by atoms with E-state index >= 15 is 0 Å². The van der Waals surface area contributed by atoms with Gasteiger partial charge >= 0.3 is 0 Å². The lowest BCUT2D eigenvalue weighted by Crippen LogP contribution is -2.18. The quantitative estimate of drug-likeness (QED) is 0.576. The molecule has 6 nitrogen and oxygen atoms in total. The van der Waals surface area contributed by atoms with Crippen molar-refractivity contribution in [2.75, 3.05) is 7.11 Å². The summed E-state index contributed by atoms with van der Waals surface area (Å²) < 4.78 is 6.06. The van der Waals surface area contributed by atoms with Gasteiger partial charge in [-0.1, -0.05) is 6.07 Å². The van der Waals surface area contributed by atoms with Crippen LogP contribution in [0.2, 0.25) is 0 Å². The number of rotatable bonds is 3. The van der Waals surface area contributed by atoms with Crippen molar-refractivity contribution in [2.45, 2.75) is 0 Å². The van der Waals surface area contributed by atoms with Gasteiger partial charge in [0, 0.05) is 41.2 Å². The lowest BCUT2D eigenvalue weighted by molar-refractivity contribution is 0.187. The van der Waals surface area contributed by atoms with Crippen molar-refractivity contribution < 1.29 is 9.94 Å². The normalized spacial score (nSPS) is 10.8. The molecule has 0 saturated carbocycles. The first-order chi connectivity index (χ1) is 12.7. The first-order valence-corrected chi connectivity index (χ1v) is 7.98. The van der Waals surface area contributed by atoms with Gasteiger partial charge in [-0.2, -0.15) is 0 Å². The molecule has 3 aromatic heterocycles. The third-order valence-corrected chi connectivity index (χ3v) is 4.26. The highest BCUT2D eigenvalue weighted by Gasteiger charge is 2.15. The van der Waals surface area contributed by atoms with Crippen LogP contribution in [0.4, 0.5) is 0 Å². The van der Waals surface area contributed by atoms with E-state index in [4.69, 9.17) is 4.74 Å². The predicted octanol–water partition coefficient (Wildman–Crippen LogP) is 3.37. The highest BCUT2D eigenvalue weighted by atomic mass is 16.5. The third-order valence-electron chi connectivity index (χ3n) is 4.26. The van der Waals surface area contributed by atoms with Crippen LogP contribution in [0, 0.1) is 0 Å². The Morgan fingerprint density at radius 2 is 1.77 bits per heavy atom. The molecule has 0 atom stereocenters. The van der Waals surface area contributed by atoms with E-state index in [2.05, 4.69) is 9.97 Å². The van der Waals surface area contributed by atoms with E-state index in [0.29, 0.717) is 21.4 Å². The van der Waals surface area contributed by atoms with E-state index in [1.807, 2.05) is 36.4 Å². The summed E-state index contributed by atoms with van der Waals surface area (Å²) in [5.74, 6) is 0.628. The number of nitrogens with zero attached hydrogens (tertiary/aromatic N) is 3. The second-order valence-corrected chi connectivity index (χ2v) is 5.73. The summed E-state index contributed by atoms with van der Waals surface area (Å²) in [5, 5.41) is 10.6. The summed E-state index contributed by atoms with van der Waals surface area (Å²) in [7, 11) is 1.58. The molecule has 0 aliphatic rings. The second kappa shape index (κ2) is 6.33. The number of aromatic nitrogens is 3. The fourth-order valence-electron chi connectivity index (χ4n) is 3.01. The van der Waals surface area contributed by atoms with Crippen molar-refractivity contribution >= 4 is 11.0 Å². The van der Waals surface area contributed by atoms with E-state index in [-0.39, 0.29) is 5.65 Å². The molecular formula is C20H15N3O3. The summed E-state index contributed by atoms with van der Waals surface area (Å²) in [6, 6.07) is 14.5. The third kappa shape index (κ3) is 2.57. The molecule has 26 heavy (non-hydrogen) atoms. The molecule has 0 saturated heterocycles. The number of hydrogen-bond donors (Lipinski definition) is 1. The molecule has 1 aromatic carbocycles. The number of benzene rings is 1. The molecule has 0 aliphatic heterocycles. The first-order valence-electron chi connectivity index (χ1n) is 7.98. The Balaban J connectivity index is 2.03. The van der Waals surface area contributed by atoms with Gasteiger partial charge in [0.15, 0.2) is 5.65 Å². The second-order valence-electron chi connectivity index (χ2n) is 5.73. The van der Waals surface area contributed by atoms with Gasteiger partial charge in [0.05, 0.1) is 7.11 Å². The molecule has 3 heterocycles. The molecule has 0 aliphatic carbocycles. The van der Waals surface area contributed by atoms with Crippen LogP contribution in [0.25, 0.3) is 33.3 Å². The first kappa shape index (κ1) is 15.8. The Bertz CT molecular complexity index is 1150. The molecule has 0 radical (unpaired) electrons. The van der Waals surface area contributed by atoms with E-state index in [9.17, 15) is 10.0 Å². The minimum atomic E-state index is -0.553. The van der Waals surface area contributed by atoms with Gasteiger partial charge in [0.1, 0.15) is 5.75 Å². The van der Waals surface area contributed by atoms with Crippen molar-refractivity contribution in [1.82, 2.24) is 14.7 Å². The smallest absolute Gasteiger partial charge is 0.285 e. The SMILES string of the molecule is COc1ccc(-c2ccncc2)cc1-c1cc(=O)n(O)c2ncccc12. The summed E-state index contributed by atoms with van der Waals surface area (Å²) in [4.78, 5) is 20.4. The molecule has 4 aromatic rings. The fraction of sp³-hybridized carbons (Fsp3) is 0.0500. The molecule has 128 valence electrons. The van der Waals surface area contributed by atoms with Crippen LogP contribution >= 0.6 is 0 Å². The summed E-state index contributed by atoms with van der Waals surface area (Å²) >= 11 is 0. The Kier molecular flexibility index (Phi) is 3.85. The van der Waals surface area contributed by atoms with Crippen molar-refractivity contribution in [2.24, 2.45) is 0 Å². The minimum absolute atomic E-state index is 0.200. The summed E-state index contributed by atoms with van der Waals surface area (Å²) in [6.07, 6.45) is 4.99. The zero-order valence-electron chi connectivity index (χ0n) is 14.0. The lowest BCUT2D eigenvalue weighted by atomic mass is 9.97. The number of fused-ring (bicyclic) bond motifs is 1. The van der Waals surface area contributed by atoms with Crippen molar-refractivity contribution in [3.05, 3.63) is 77.5 Å². The number of methoxy groups -OCH3 is 1. The maximum Gasteiger partial charge on any atom is 0.285 e. The molecule has 1 N–H and O–H groups in total. The number of hydrogen-bond acceptors (Lipinski definition) is 5.